The first-order chi connectivity index (χ1) is 8.17. The summed E-state index contributed by atoms with van der Waals surface area (Å²) in [5.74, 6) is 0. The van der Waals surface area contributed by atoms with E-state index in [-0.39, 0.29) is 0 Å². The molecule has 1 aliphatic rings. The Balaban J connectivity index is 1.93. The van der Waals surface area contributed by atoms with Crippen LogP contribution in [-0.4, -0.2) is 6.54 Å². The number of benzene rings is 1. The topological polar surface area (TPSA) is 12.0 Å². The first-order valence-electron chi connectivity index (χ1n) is 6.96. The van der Waals surface area contributed by atoms with Gasteiger partial charge in [0.2, 0.25) is 0 Å². The average molecular weight is 231 g/mol. The van der Waals surface area contributed by atoms with E-state index in [9.17, 15) is 0 Å². The fourth-order valence-corrected chi connectivity index (χ4v) is 2.88. The summed E-state index contributed by atoms with van der Waals surface area (Å²) in [6.45, 7) is 8.00. The van der Waals surface area contributed by atoms with E-state index in [1.165, 1.54) is 43.4 Å². The average Bonchev–Trinajstić information content (AvgIpc) is 2.28. The van der Waals surface area contributed by atoms with E-state index in [0.717, 1.165) is 0 Å². The highest BCUT2D eigenvalue weighted by Crippen LogP contribution is 2.43. The molecule has 1 aliphatic carbocycles. The molecule has 1 aromatic rings. The third kappa shape index (κ3) is 2.71. The molecule has 1 heteroatoms. The lowest BCUT2D eigenvalue weighted by Gasteiger charge is -2.42. The van der Waals surface area contributed by atoms with Crippen molar-refractivity contribution in [3.8, 4) is 0 Å². The van der Waals surface area contributed by atoms with Gasteiger partial charge in [0.05, 0.1) is 0 Å². The van der Waals surface area contributed by atoms with Crippen molar-refractivity contribution in [2.24, 2.45) is 5.41 Å². The van der Waals surface area contributed by atoms with Gasteiger partial charge < -0.3 is 5.32 Å². The molecule has 1 unspecified atom stereocenters. The number of hydrogen-bond acceptors (Lipinski definition) is 1. The predicted octanol–water partition coefficient (Wildman–Crippen LogP) is 4.23. The zero-order chi connectivity index (χ0) is 12.3. The molecule has 1 aromatic carbocycles. The van der Waals surface area contributed by atoms with Gasteiger partial charge in [0.1, 0.15) is 0 Å². The first kappa shape index (κ1) is 12.6. The van der Waals surface area contributed by atoms with Crippen molar-refractivity contribution >= 4 is 0 Å². The summed E-state index contributed by atoms with van der Waals surface area (Å²) in [4.78, 5) is 0. The lowest BCUT2D eigenvalue weighted by atomic mass is 9.67. The van der Waals surface area contributed by atoms with Crippen molar-refractivity contribution in [3.05, 3.63) is 35.4 Å². The van der Waals surface area contributed by atoms with Crippen LogP contribution >= 0.6 is 0 Å². The third-order valence-electron chi connectivity index (χ3n) is 4.60. The number of hydrogen-bond donors (Lipinski definition) is 1. The molecule has 1 N–H and O–H groups in total. The minimum absolute atomic E-state index is 0.472. The molecule has 1 saturated carbocycles. The second kappa shape index (κ2) is 5.22. The SMILES string of the molecule is CCC1(CNC(C)c2ccccc2C)CCC1. The van der Waals surface area contributed by atoms with Gasteiger partial charge in [-0.05, 0) is 49.7 Å². The molecule has 17 heavy (non-hydrogen) atoms. The molecule has 0 aliphatic heterocycles. The summed E-state index contributed by atoms with van der Waals surface area (Å²) >= 11 is 0. The maximum atomic E-state index is 3.73. The summed E-state index contributed by atoms with van der Waals surface area (Å²) in [6, 6.07) is 9.17. The van der Waals surface area contributed by atoms with Crippen LogP contribution < -0.4 is 5.32 Å². The summed E-state index contributed by atoms with van der Waals surface area (Å²) in [5, 5.41) is 3.73. The van der Waals surface area contributed by atoms with E-state index in [1.54, 1.807) is 0 Å². The maximum Gasteiger partial charge on any atom is 0.0294 e. The van der Waals surface area contributed by atoms with Gasteiger partial charge in [-0.15, -0.1) is 0 Å². The molecular weight excluding hydrogens is 206 g/mol. The Kier molecular flexibility index (Phi) is 3.88. The molecule has 1 nitrogen and oxygen atoms in total. The first-order valence-corrected chi connectivity index (χ1v) is 6.96. The van der Waals surface area contributed by atoms with E-state index in [2.05, 4.69) is 50.4 Å². The van der Waals surface area contributed by atoms with Crippen LogP contribution in [0.4, 0.5) is 0 Å². The van der Waals surface area contributed by atoms with Crippen LogP contribution in [-0.2, 0) is 0 Å². The van der Waals surface area contributed by atoms with Crippen LogP contribution in [0.25, 0.3) is 0 Å². The van der Waals surface area contributed by atoms with Crippen molar-refractivity contribution in [1.82, 2.24) is 5.32 Å². The third-order valence-corrected chi connectivity index (χ3v) is 4.60. The lowest BCUT2D eigenvalue weighted by molar-refractivity contribution is 0.120. The Morgan fingerprint density at radius 2 is 2.00 bits per heavy atom. The molecule has 0 amide bonds. The van der Waals surface area contributed by atoms with Crippen LogP contribution in [0.5, 0.6) is 0 Å². The molecule has 0 aromatic heterocycles. The molecule has 0 spiro atoms. The highest BCUT2D eigenvalue weighted by molar-refractivity contribution is 5.28. The Bertz CT molecular complexity index is 360. The molecule has 1 fully saturated rings. The van der Waals surface area contributed by atoms with Gasteiger partial charge in [0.25, 0.3) is 0 Å². The van der Waals surface area contributed by atoms with Crippen molar-refractivity contribution in [2.75, 3.05) is 6.54 Å². The summed E-state index contributed by atoms with van der Waals surface area (Å²) < 4.78 is 0. The van der Waals surface area contributed by atoms with Gasteiger partial charge in [-0.3, -0.25) is 0 Å². The predicted molar refractivity (Wildman–Crippen MR) is 74.2 cm³/mol. The van der Waals surface area contributed by atoms with E-state index < -0.39 is 0 Å². The summed E-state index contributed by atoms with van der Waals surface area (Å²) in [6.07, 6.45) is 5.57. The normalized spacial score (nSPS) is 19.7. The highest BCUT2D eigenvalue weighted by atomic mass is 14.9. The lowest BCUT2D eigenvalue weighted by Crippen LogP contribution is -2.40. The minimum Gasteiger partial charge on any atom is -0.310 e. The van der Waals surface area contributed by atoms with E-state index >= 15 is 0 Å². The zero-order valence-electron chi connectivity index (χ0n) is 11.4. The molecule has 1 atom stereocenters. The van der Waals surface area contributed by atoms with Crippen LogP contribution in [0.2, 0.25) is 0 Å². The second-order valence-electron chi connectivity index (χ2n) is 5.67. The van der Waals surface area contributed by atoms with Crippen molar-refractivity contribution in [1.29, 1.82) is 0 Å². The Morgan fingerprint density at radius 3 is 2.53 bits per heavy atom. The molecule has 94 valence electrons. The fraction of sp³-hybridized carbons (Fsp3) is 0.625. The van der Waals surface area contributed by atoms with E-state index in [4.69, 9.17) is 0 Å². The smallest absolute Gasteiger partial charge is 0.0294 e. The number of nitrogens with one attached hydrogen (secondary N) is 1. The molecule has 0 bridgehead atoms. The number of rotatable bonds is 5. The van der Waals surface area contributed by atoms with Crippen LogP contribution in [0, 0.1) is 12.3 Å². The van der Waals surface area contributed by atoms with Crippen LogP contribution in [0.15, 0.2) is 24.3 Å². The number of aryl methyl sites for hydroxylation is 1. The molecule has 2 rings (SSSR count). The largest absolute Gasteiger partial charge is 0.310 e. The maximum absolute atomic E-state index is 3.73. The minimum atomic E-state index is 0.472. The van der Waals surface area contributed by atoms with Crippen molar-refractivity contribution < 1.29 is 0 Å². The van der Waals surface area contributed by atoms with Gasteiger partial charge in [-0.1, -0.05) is 37.6 Å². The van der Waals surface area contributed by atoms with Gasteiger partial charge >= 0.3 is 0 Å². The Hall–Kier alpha value is -0.820. The van der Waals surface area contributed by atoms with Crippen molar-refractivity contribution in [2.45, 2.75) is 52.5 Å². The van der Waals surface area contributed by atoms with E-state index in [0.29, 0.717) is 11.5 Å². The zero-order valence-corrected chi connectivity index (χ0v) is 11.4. The fourth-order valence-electron chi connectivity index (χ4n) is 2.88. The Morgan fingerprint density at radius 1 is 1.29 bits per heavy atom. The van der Waals surface area contributed by atoms with Gasteiger partial charge in [-0.2, -0.15) is 0 Å². The van der Waals surface area contributed by atoms with E-state index in [1.807, 2.05) is 0 Å². The molecular formula is C16H25N. The summed E-state index contributed by atoms with van der Waals surface area (Å²) in [5.41, 5.74) is 3.45. The van der Waals surface area contributed by atoms with Gasteiger partial charge in [0, 0.05) is 12.6 Å². The molecule has 0 saturated heterocycles. The monoisotopic (exact) mass is 231 g/mol. The van der Waals surface area contributed by atoms with Gasteiger partial charge in [-0.25, -0.2) is 0 Å². The standard InChI is InChI=1S/C16H25N/c1-4-16(10-7-11-16)12-17-14(3)15-9-6-5-8-13(15)2/h5-6,8-9,14,17H,4,7,10-12H2,1-3H3. The van der Waals surface area contributed by atoms with Crippen LogP contribution in [0.3, 0.4) is 0 Å². The molecule has 0 radical (unpaired) electrons. The Labute approximate surface area is 106 Å². The second-order valence-corrected chi connectivity index (χ2v) is 5.67. The van der Waals surface area contributed by atoms with Gasteiger partial charge in [0.15, 0.2) is 0 Å². The van der Waals surface area contributed by atoms with Crippen molar-refractivity contribution in [3.63, 3.8) is 0 Å². The summed E-state index contributed by atoms with van der Waals surface area (Å²) in [7, 11) is 0. The van der Waals surface area contributed by atoms with Crippen LogP contribution in [0.1, 0.15) is 56.7 Å². The quantitative estimate of drug-likeness (QED) is 0.800. The molecule has 0 heterocycles. The highest BCUT2D eigenvalue weighted by Gasteiger charge is 2.34.